The first-order chi connectivity index (χ1) is 7.59. The van der Waals surface area contributed by atoms with E-state index in [1.165, 1.54) is 0 Å². The van der Waals surface area contributed by atoms with Gasteiger partial charge in [-0.3, -0.25) is 10.3 Å². The molecule has 0 saturated heterocycles. The number of aryl methyl sites for hydroxylation is 2. The number of imidazole rings is 1. The lowest BCUT2D eigenvalue weighted by Gasteiger charge is -2.00. The molecule has 0 unspecified atom stereocenters. The number of carbonyl (C=O) groups excluding carboxylic acids is 1. The van der Waals surface area contributed by atoms with Crippen molar-refractivity contribution in [1.82, 2.24) is 15.3 Å². The van der Waals surface area contributed by atoms with Gasteiger partial charge in [-0.25, -0.2) is 9.78 Å². The summed E-state index contributed by atoms with van der Waals surface area (Å²) in [6, 6.07) is -0.704. The van der Waals surface area contributed by atoms with Gasteiger partial charge in [0.25, 0.3) is 0 Å². The van der Waals surface area contributed by atoms with Crippen molar-refractivity contribution in [2.45, 2.75) is 19.8 Å². The van der Waals surface area contributed by atoms with Crippen LogP contribution >= 0.6 is 0 Å². The summed E-state index contributed by atoms with van der Waals surface area (Å²) < 4.78 is 0. The molecule has 0 aliphatic carbocycles. The first-order valence-electron chi connectivity index (χ1n) is 4.95. The molecule has 6 N–H and O–H groups in total. The average Bonchev–Trinajstić information content (AvgIpc) is 2.58. The summed E-state index contributed by atoms with van der Waals surface area (Å²) in [5.74, 6) is 0.0475. The molecule has 1 aromatic rings. The summed E-state index contributed by atoms with van der Waals surface area (Å²) in [7, 11) is 0. The molecule has 2 amide bonds. The highest BCUT2D eigenvalue weighted by atomic mass is 16.2. The molecule has 0 fully saturated rings. The molecule has 7 heteroatoms. The van der Waals surface area contributed by atoms with Crippen LogP contribution in [0.2, 0.25) is 0 Å². The Kier molecular flexibility index (Phi) is 4.31. The van der Waals surface area contributed by atoms with Gasteiger partial charge in [0.05, 0.1) is 12.0 Å². The first kappa shape index (κ1) is 12.0. The van der Waals surface area contributed by atoms with E-state index in [1.807, 2.05) is 6.92 Å². The van der Waals surface area contributed by atoms with Crippen molar-refractivity contribution in [3.8, 4) is 0 Å². The number of carbonyl (C=O) groups is 1. The van der Waals surface area contributed by atoms with Gasteiger partial charge < -0.3 is 16.5 Å². The monoisotopic (exact) mass is 224 g/mol. The van der Waals surface area contributed by atoms with Gasteiger partial charge in [-0.05, 0) is 19.8 Å². The van der Waals surface area contributed by atoms with Crippen molar-refractivity contribution in [2.75, 3.05) is 6.54 Å². The molecule has 0 aliphatic heterocycles. The quantitative estimate of drug-likeness (QED) is 0.317. The molecule has 0 radical (unpaired) electrons. The van der Waals surface area contributed by atoms with Gasteiger partial charge in [0.2, 0.25) is 0 Å². The Bertz CT molecular complexity index is 383. The molecule has 0 aromatic carbocycles. The van der Waals surface area contributed by atoms with E-state index in [-0.39, 0.29) is 5.96 Å². The van der Waals surface area contributed by atoms with Gasteiger partial charge in [-0.15, -0.1) is 0 Å². The Morgan fingerprint density at radius 1 is 1.62 bits per heavy atom. The molecular weight excluding hydrogens is 208 g/mol. The molecule has 0 saturated carbocycles. The highest BCUT2D eigenvalue weighted by molar-refractivity contribution is 5.94. The van der Waals surface area contributed by atoms with Crippen molar-refractivity contribution < 1.29 is 4.79 Å². The zero-order valence-corrected chi connectivity index (χ0v) is 9.16. The standard InChI is InChI=1S/C9H16N6O/c1-6-7(14-5-13-6)3-2-4-12-8(10)15-9(11)16/h5H,2-4H2,1H3,(H,13,14)(H5,10,11,12,15,16). The number of nitrogens with one attached hydrogen (secondary N) is 2. The van der Waals surface area contributed by atoms with Crippen LogP contribution in [0.4, 0.5) is 4.79 Å². The highest BCUT2D eigenvalue weighted by Crippen LogP contribution is 2.03. The Balaban J connectivity index is 2.26. The van der Waals surface area contributed by atoms with E-state index in [0.717, 1.165) is 24.2 Å². The maximum absolute atomic E-state index is 10.4. The molecular formula is C9H16N6O. The van der Waals surface area contributed by atoms with Gasteiger partial charge >= 0.3 is 6.03 Å². The SMILES string of the molecule is Cc1[nH]cnc1CCCN=C(N)NC(N)=O. The number of nitrogens with two attached hydrogens (primary N) is 2. The van der Waals surface area contributed by atoms with Crippen LogP contribution < -0.4 is 16.8 Å². The molecule has 16 heavy (non-hydrogen) atoms. The normalized spacial score (nSPS) is 11.4. The third-order valence-corrected chi connectivity index (χ3v) is 2.04. The second-order valence-electron chi connectivity index (χ2n) is 3.33. The van der Waals surface area contributed by atoms with Gasteiger partial charge in [0, 0.05) is 12.2 Å². The number of urea groups is 1. The smallest absolute Gasteiger partial charge is 0.318 e. The highest BCUT2D eigenvalue weighted by Gasteiger charge is 2.00. The second-order valence-corrected chi connectivity index (χ2v) is 3.33. The largest absolute Gasteiger partial charge is 0.370 e. The maximum Gasteiger partial charge on any atom is 0.318 e. The molecule has 7 nitrogen and oxygen atoms in total. The fourth-order valence-corrected chi connectivity index (χ4v) is 1.25. The van der Waals surface area contributed by atoms with Gasteiger partial charge in [-0.1, -0.05) is 0 Å². The lowest BCUT2D eigenvalue weighted by atomic mass is 10.2. The molecule has 0 bridgehead atoms. The van der Waals surface area contributed by atoms with Crippen molar-refractivity contribution in [2.24, 2.45) is 16.5 Å². The summed E-state index contributed by atoms with van der Waals surface area (Å²) in [6.45, 7) is 2.49. The minimum atomic E-state index is -0.704. The number of nitrogens with zero attached hydrogens (tertiary/aromatic N) is 2. The minimum Gasteiger partial charge on any atom is -0.370 e. The number of primary amides is 1. The predicted octanol–water partition coefficient (Wildman–Crippen LogP) is -0.366. The van der Waals surface area contributed by atoms with Crippen LogP contribution in [0.3, 0.4) is 0 Å². The zero-order chi connectivity index (χ0) is 12.0. The molecule has 1 rings (SSSR count). The van der Waals surface area contributed by atoms with E-state index in [0.29, 0.717) is 6.54 Å². The number of aliphatic imine (C=N–C) groups is 1. The van der Waals surface area contributed by atoms with Crippen LogP contribution in [0.5, 0.6) is 0 Å². The Labute approximate surface area is 93.3 Å². The maximum atomic E-state index is 10.4. The van der Waals surface area contributed by atoms with Gasteiger partial charge in [-0.2, -0.15) is 0 Å². The number of aromatic nitrogens is 2. The number of hydrogen-bond acceptors (Lipinski definition) is 3. The van der Waals surface area contributed by atoms with Crippen LogP contribution in [0.1, 0.15) is 17.8 Å². The molecule has 1 aromatic heterocycles. The molecule has 1 heterocycles. The predicted molar refractivity (Wildman–Crippen MR) is 60.9 cm³/mol. The molecule has 0 spiro atoms. The number of aromatic amines is 1. The van der Waals surface area contributed by atoms with Crippen LogP contribution in [-0.4, -0.2) is 28.5 Å². The number of guanidine groups is 1. The van der Waals surface area contributed by atoms with Crippen LogP contribution in [0, 0.1) is 6.92 Å². The topological polar surface area (TPSA) is 122 Å². The lowest BCUT2D eigenvalue weighted by Crippen LogP contribution is -2.40. The molecule has 0 atom stereocenters. The average molecular weight is 224 g/mol. The van der Waals surface area contributed by atoms with Crippen molar-refractivity contribution >= 4 is 12.0 Å². The summed E-state index contributed by atoms with van der Waals surface area (Å²) in [4.78, 5) is 21.5. The second kappa shape index (κ2) is 5.74. The van der Waals surface area contributed by atoms with Gasteiger partial charge in [0.1, 0.15) is 0 Å². The lowest BCUT2D eigenvalue weighted by molar-refractivity contribution is 0.253. The van der Waals surface area contributed by atoms with E-state index in [2.05, 4.69) is 20.3 Å². The number of rotatable bonds is 4. The van der Waals surface area contributed by atoms with E-state index in [4.69, 9.17) is 11.5 Å². The molecule has 0 aliphatic rings. The summed E-state index contributed by atoms with van der Waals surface area (Å²) in [5, 5.41) is 2.19. The number of hydrogen-bond donors (Lipinski definition) is 4. The Hall–Kier alpha value is -2.05. The fourth-order valence-electron chi connectivity index (χ4n) is 1.25. The Morgan fingerprint density at radius 2 is 2.38 bits per heavy atom. The van der Waals surface area contributed by atoms with E-state index in [1.54, 1.807) is 6.33 Å². The fraction of sp³-hybridized carbons (Fsp3) is 0.444. The first-order valence-corrected chi connectivity index (χ1v) is 4.95. The zero-order valence-electron chi connectivity index (χ0n) is 9.16. The summed E-state index contributed by atoms with van der Waals surface area (Å²) >= 11 is 0. The number of H-pyrrole nitrogens is 1. The molecule has 88 valence electrons. The Morgan fingerprint density at radius 3 is 2.94 bits per heavy atom. The van der Waals surface area contributed by atoms with Crippen LogP contribution in [0.25, 0.3) is 0 Å². The number of amides is 2. The van der Waals surface area contributed by atoms with Crippen LogP contribution in [-0.2, 0) is 6.42 Å². The summed E-state index contributed by atoms with van der Waals surface area (Å²) in [6.07, 6.45) is 3.30. The van der Waals surface area contributed by atoms with E-state index >= 15 is 0 Å². The van der Waals surface area contributed by atoms with Gasteiger partial charge in [0.15, 0.2) is 5.96 Å². The summed E-state index contributed by atoms with van der Waals surface area (Å²) in [5.41, 5.74) is 12.3. The third kappa shape index (κ3) is 3.99. The minimum absolute atomic E-state index is 0.0475. The van der Waals surface area contributed by atoms with E-state index in [9.17, 15) is 4.79 Å². The third-order valence-electron chi connectivity index (χ3n) is 2.04. The van der Waals surface area contributed by atoms with Crippen LogP contribution in [0.15, 0.2) is 11.3 Å². The van der Waals surface area contributed by atoms with Crippen molar-refractivity contribution in [1.29, 1.82) is 0 Å². The van der Waals surface area contributed by atoms with Crippen molar-refractivity contribution in [3.05, 3.63) is 17.7 Å². The van der Waals surface area contributed by atoms with Crippen molar-refractivity contribution in [3.63, 3.8) is 0 Å². The van der Waals surface area contributed by atoms with E-state index < -0.39 is 6.03 Å².